The fourth-order valence-corrected chi connectivity index (χ4v) is 9.18. The van der Waals surface area contributed by atoms with Crippen LogP contribution in [-0.4, -0.2) is 15.0 Å². The third kappa shape index (κ3) is 4.82. The van der Waals surface area contributed by atoms with Gasteiger partial charge in [-0.05, 0) is 64.7 Å². The molecule has 0 aliphatic carbocycles. The summed E-state index contributed by atoms with van der Waals surface area (Å²) >= 11 is 1.83. The molecule has 0 N–H and O–H groups in total. The number of para-hydroxylation sites is 2. The molecule has 8 aromatic rings. The zero-order chi connectivity index (χ0) is 35.4. The van der Waals surface area contributed by atoms with Crippen LogP contribution in [0, 0.1) is 11.3 Å². The molecule has 53 heavy (non-hydrogen) atoms. The molecule has 0 saturated heterocycles. The van der Waals surface area contributed by atoms with E-state index in [0.717, 1.165) is 28.2 Å². The van der Waals surface area contributed by atoms with Crippen LogP contribution in [0.2, 0.25) is 0 Å². The maximum atomic E-state index is 10.7. The van der Waals surface area contributed by atoms with Crippen molar-refractivity contribution in [2.24, 2.45) is 0 Å². The number of nitrogens with zero attached hydrogens (tertiary/aromatic N) is 5. The lowest BCUT2D eigenvalue weighted by molar-refractivity contribution is 0.692. The highest BCUT2D eigenvalue weighted by Crippen LogP contribution is 2.62. The third-order valence-corrected chi connectivity index (χ3v) is 11.4. The predicted octanol–water partition coefficient (Wildman–Crippen LogP) is 11.4. The normalized spacial score (nSPS) is 13.3. The van der Waals surface area contributed by atoms with Crippen molar-refractivity contribution in [3.8, 4) is 40.2 Å². The van der Waals surface area contributed by atoms with Crippen molar-refractivity contribution in [3.63, 3.8) is 0 Å². The Kier molecular flexibility index (Phi) is 7.27. The van der Waals surface area contributed by atoms with Gasteiger partial charge < -0.3 is 4.90 Å². The minimum Gasteiger partial charge on any atom is -0.310 e. The standard InChI is InChI=1S/C47H29N5S/c48-30-33-29-34(27-28-35(33)46-50-44(31-15-3-1-4-16-31)49-45(51-46)32-17-5-2-6-18-32)52-40-23-11-7-19-36(40)47(37-20-8-12-24-41(37)52)38-21-9-13-25-42(38)53-43-26-14-10-22-39(43)47/h1-29H. The lowest BCUT2D eigenvalue weighted by Gasteiger charge is -2.49. The first-order valence-corrected chi connectivity index (χ1v) is 18.3. The Morgan fingerprint density at radius 3 is 1.45 bits per heavy atom. The number of rotatable bonds is 4. The van der Waals surface area contributed by atoms with Crippen LogP contribution in [0.3, 0.4) is 0 Å². The SMILES string of the molecule is N#Cc1cc(N2c3ccccc3C3(c4ccccc4Sc4ccccc43)c3ccccc32)ccc1-c1nc(-c2ccccc2)nc(-c2ccccc2)n1. The number of benzene rings is 7. The van der Waals surface area contributed by atoms with Gasteiger partial charge in [0.1, 0.15) is 0 Å². The van der Waals surface area contributed by atoms with Gasteiger partial charge in [-0.3, -0.25) is 0 Å². The molecule has 0 atom stereocenters. The average Bonchev–Trinajstić information content (AvgIpc) is 3.24. The van der Waals surface area contributed by atoms with Crippen LogP contribution in [0.15, 0.2) is 186 Å². The highest BCUT2D eigenvalue weighted by Gasteiger charge is 2.50. The second kappa shape index (κ2) is 12.4. The molecule has 10 rings (SSSR count). The molecular formula is C47H29N5S. The van der Waals surface area contributed by atoms with Gasteiger partial charge in [0.2, 0.25) is 0 Å². The Balaban J connectivity index is 1.18. The number of hydrogen-bond acceptors (Lipinski definition) is 6. The van der Waals surface area contributed by atoms with E-state index in [1.165, 1.54) is 32.0 Å². The molecular weight excluding hydrogens is 667 g/mol. The summed E-state index contributed by atoms with van der Waals surface area (Å²) in [5.74, 6) is 1.56. The summed E-state index contributed by atoms with van der Waals surface area (Å²) in [6.07, 6.45) is 0. The largest absolute Gasteiger partial charge is 0.310 e. The lowest BCUT2D eigenvalue weighted by atomic mass is 9.62. The average molecular weight is 696 g/mol. The van der Waals surface area contributed by atoms with E-state index in [0.29, 0.717) is 28.6 Å². The highest BCUT2D eigenvalue weighted by molar-refractivity contribution is 7.99. The van der Waals surface area contributed by atoms with Crippen molar-refractivity contribution in [1.82, 2.24) is 15.0 Å². The van der Waals surface area contributed by atoms with E-state index in [1.807, 2.05) is 84.6 Å². The Hall–Kier alpha value is -6.81. The molecule has 3 heterocycles. The topological polar surface area (TPSA) is 65.7 Å². The van der Waals surface area contributed by atoms with E-state index in [1.54, 1.807) is 0 Å². The Labute approximate surface area is 311 Å². The van der Waals surface area contributed by atoms with Crippen molar-refractivity contribution in [1.29, 1.82) is 5.26 Å². The molecule has 0 saturated carbocycles. The van der Waals surface area contributed by atoms with Crippen molar-refractivity contribution in [3.05, 3.63) is 204 Å². The zero-order valence-electron chi connectivity index (χ0n) is 28.4. The number of hydrogen-bond donors (Lipinski definition) is 0. The van der Waals surface area contributed by atoms with Crippen LogP contribution in [0.4, 0.5) is 17.1 Å². The first-order valence-electron chi connectivity index (χ1n) is 17.5. The smallest absolute Gasteiger partial charge is 0.165 e. The van der Waals surface area contributed by atoms with Gasteiger partial charge in [-0.2, -0.15) is 5.26 Å². The summed E-state index contributed by atoms with van der Waals surface area (Å²) in [4.78, 5) is 19.5. The Bertz CT molecular complexity index is 2590. The maximum Gasteiger partial charge on any atom is 0.165 e. The Morgan fingerprint density at radius 1 is 0.472 bits per heavy atom. The van der Waals surface area contributed by atoms with E-state index in [2.05, 4.69) is 114 Å². The van der Waals surface area contributed by atoms with Crippen LogP contribution < -0.4 is 4.90 Å². The van der Waals surface area contributed by atoms with Gasteiger partial charge in [0.15, 0.2) is 17.5 Å². The zero-order valence-corrected chi connectivity index (χ0v) is 29.2. The number of anilines is 3. The van der Waals surface area contributed by atoms with Gasteiger partial charge in [-0.1, -0.05) is 145 Å². The van der Waals surface area contributed by atoms with Gasteiger partial charge in [-0.15, -0.1) is 0 Å². The summed E-state index contributed by atoms with van der Waals surface area (Å²) in [5, 5.41) is 10.7. The summed E-state index contributed by atoms with van der Waals surface area (Å²) in [7, 11) is 0. The first kappa shape index (κ1) is 31.0. The van der Waals surface area contributed by atoms with Gasteiger partial charge in [0.25, 0.3) is 0 Å². The lowest BCUT2D eigenvalue weighted by Crippen LogP contribution is -2.39. The molecule has 5 nitrogen and oxygen atoms in total. The molecule has 0 bridgehead atoms. The van der Waals surface area contributed by atoms with E-state index >= 15 is 0 Å². The van der Waals surface area contributed by atoms with Crippen LogP contribution in [0.1, 0.15) is 27.8 Å². The monoisotopic (exact) mass is 695 g/mol. The second-order valence-electron chi connectivity index (χ2n) is 13.1. The molecule has 0 unspecified atom stereocenters. The van der Waals surface area contributed by atoms with Gasteiger partial charge >= 0.3 is 0 Å². The summed E-state index contributed by atoms with van der Waals surface area (Å²) < 4.78 is 0. The second-order valence-corrected chi connectivity index (χ2v) is 14.2. The van der Waals surface area contributed by atoms with E-state index in [4.69, 9.17) is 15.0 Å². The molecule has 1 aromatic heterocycles. The van der Waals surface area contributed by atoms with Crippen molar-refractivity contribution in [2.45, 2.75) is 15.2 Å². The first-order chi connectivity index (χ1) is 26.2. The number of aromatic nitrogens is 3. The minimum absolute atomic E-state index is 0.451. The van der Waals surface area contributed by atoms with Crippen molar-refractivity contribution in [2.75, 3.05) is 4.90 Å². The molecule has 2 aliphatic rings. The van der Waals surface area contributed by atoms with Crippen LogP contribution in [0.5, 0.6) is 0 Å². The molecule has 248 valence electrons. The number of nitriles is 1. The number of fused-ring (bicyclic) bond motifs is 8. The van der Waals surface area contributed by atoms with Gasteiger partial charge in [0, 0.05) is 32.2 Å². The predicted molar refractivity (Wildman–Crippen MR) is 212 cm³/mol. The molecule has 2 aliphatic heterocycles. The van der Waals surface area contributed by atoms with Crippen molar-refractivity contribution >= 4 is 28.8 Å². The van der Waals surface area contributed by atoms with E-state index in [-0.39, 0.29) is 0 Å². The summed E-state index contributed by atoms with van der Waals surface area (Å²) in [5.41, 5.74) is 10.3. The van der Waals surface area contributed by atoms with Crippen LogP contribution in [0.25, 0.3) is 34.2 Å². The minimum atomic E-state index is -0.535. The molecule has 1 spiro atoms. The summed E-state index contributed by atoms with van der Waals surface area (Å²) in [6, 6.07) is 63.3. The highest BCUT2D eigenvalue weighted by atomic mass is 32.2. The van der Waals surface area contributed by atoms with Crippen molar-refractivity contribution < 1.29 is 0 Å². The Morgan fingerprint density at radius 2 is 0.925 bits per heavy atom. The van der Waals surface area contributed by atoms with Crippen LogP contribution >= 0.6 is 11.8 Å². The molecule has 7 aromatic carbocycles. The van der Waals surface area contributed by atoms with Gasteiger partial charge in [0.05, 0.1) is 28.4 Å². The fraction of sp³-hybridized carbons (Fsp3) is 0.0213. The van der Waals surface area contributed by atoms with Crippen LogP contribution in [-0.2, 0) is 5.41 Å². The maximum absolute atomic E-state index is 10.7. The quantitative estimate of drug-likeness (QED) is 0.183. The van der Waals surface area contributed by atoms with E-state index < -0.39 is 5.41 Å². The summed E-state index contributed by atoms with van der Waals surface area (Å²) in [6.45, 7) is 0. The molecule has 0 amide bonds. The van der Waals surface area contributed by atoms with E-state index in [9.17, 15) is 5.26 Å². The third-order valence-electron chi connectivity index (χ3n) is 10.2. The fourth-order valence-electron chi connectivity index (χ4n) is 7.99. The molecule has 0 radical (unpaired) electrons. The molecule has 0 fully saturated rings. The molecule has 6 heteroatoms. The van der Waals surface area contributed by atoms with Gasteiger partial charge in [-0.25, -0.2) is 15.0 Å².